The van der Waals surface area contributed by atoms with Crippen LogP contribution in [0.4, 0.5) is 0 Å². The number of hydrogen-bond acceptors (Lipinski definition) is 3. The van der Waals surface area contributed by atoms with E-state index in [1.165, 1.54) is 43.1 Å². The molecule has 2 saturated carbocycles. The minimum Gasteiger partial charge on any atom is -0.365 e. The van der Waals surface area contributed by atoms with Gasteiger partial charge in [0.1, 0.15) is 0 Å². The van der Waals surface area contributed by atoms with Gasteiger partial charge in [-0.2, -0.15) is 0 Å². The summed E-state index contributed by atoms with van der Waals surface area (Å²) in [6.45, 7) is 4.48. The highest BCUT2D eigenvalue weighted by atomic mass is 32.2. The Bertz CT molecular complexity index is 290. The van der Waals surface area contributed by atoms with Gasteiger partial charge in [0, 0.05) is 18.8 Å². The van der Waals surface area contributed by atoms with Crippen molar-refractivity contribution in [3.8, 4) is 0 Å². The van der Waals surface area contributed by atoms with Crippen molar-refractivity contribution in [2.45, 2.75) is 32.6 Å². The van der Waals surface area contributed by atoms with E-state index in [0.717, 1.165) is 30.2 Å². The van der Waals surface area contributed by atoms with Crippen molar-refractivity contribution >= 4 is 16.9 Å². The molecular weight excluding hydrogens is 216 g/mol. The lowest BCUT2D eigenvalue weighted by molar-refractivity contribution is 0.332. The van der Waals surface area contributed by atoms with E-state index < -0.39 is 0 Å². The van der Waals surface area contributed by atoms with Gasteiger partial charge in [-0.3, -0.25) is 4.99 Å². The molecular formula is C13H22N2S. The van der Waals surface area contributed by atoms with Gasteiger partial charge in [0.25, 0.3) is 0 Å². The van der Waals surface area contributed by atoms with Gasteiger partial charge in [-0.15, -0.1) is 0 Å². The molecule has 3 aliphatic rings. The molecule has 16 heavy (non-hydrogen) atoms. The Labute approximate surface area is 103 Å². The number of rotatable bonds is 2. The van der Waals surface area contributed by atoms with Gasteiger partial charge in [0.15, 0.2) is 5.17 Å². The summed E-state index contributed by atoms with van der Waals surface area (Å²) in [7, 11) is 0. The van der Waals surface area contributed by atoms with E-state index in [2.05, 4.69) is 17.2 Å². The summed E-state index contributed by atoms with van der Waals surface area (Å²) in [6.07, 6.45) is 6.00. The summed E-state index contributed by atoms with van der Waals surface area (Å²) >= 11 is 1.91. The average molecular weight is 238 g/mol. The predicted molar refractivity (Wildman–Crippen MR) is 70.9 cm³/mol. The summed E-state index contributed by atoms with van der Waals surface area (Å²) in [6, 6.07) is 0. The second-order valence-electron chi connectivity index (χ2n) is 5.88. The Hall–Kier alpha value is -0.180. The van der Waals surface area contributed by atoms with Gasteiger partial charge in [-0.05, 0) is 42.9 Å². The Morgan fingerprint density at radius 1 is 1.38 bits per heavy atom. The zero-order valence-corrected chi connectivity index (χ0v) is 10.9. The number of nitrogens with one attached hydrogen (secondary N) is 1. The van der Waals surface area contributed by atoms with Crippen LogP contribution >= 0.6 is 11.8 Å². The van der Waals surface area contributed by atoms with E-state index in [1.54, 1.807) is 0 Å². The van der Waals surface area contributed by atoms with Crippen LogP contribution in [0.25, 0.3) is 0 Å². The summed E-state index contributed by atoms with van der Waals surface area (Å²) in [5, 5.41) is 4.79. The molecule has 3 heteroatoms. The zero-order valence-electron chi connectivity index (χ0n) is 10.1. The Morgan fingerprint density at radius 2 is 2.31 bits per heavy atom. The van der Waals surface area contributed by atoms with Crippen LogP contribution < -0.4 is 5.32 Å². The lowest BCUT2D eigenvalue weighted by Crippen LogP contribution is -2.32. The van der Waals surface area contributed by atoms with Gasteiger partial charge in [0.05, 0.1) is 0 Å². The third-order valence-electron chi connectivity index (χ3n) is 4.45. The first kappa shape index (κ1) is 10.9. The standard InChI is InChI=1S/C13H22N2S/c1-9-6-14-13(16-8-9)15-7-12-5-10-2-3-11(12)4-10/h9-12H,2-8H2,1H3,(H,14,15). The molecule has 2 bridgehead atoms. The van der Waals surface area contributed by atoms with E-state index in [0.29, 0.717) is 0 Å². The fourth-order valence-electron chi connectivity index (χ4n) is 3.51. The van der Waals surface area contributed by atoms with E-state index in [-0.39, 0.29) is 0 Å². The van der Waals surface area contributed by atoms with Crippen molar-refractivity contribution in [1.29, 1.82) is 0 Å². The third kappa shape index (κ3) is 2.24. The lowest BCUT2D eigenvalue weighted by atomic mass is 9.89. The fourth-order valence-corrected chi connectivity index (χ4v) is 4.41. The van der Waals surface area contributed by atoms with Crippen LogP contribution in [-0.4, -0.2) is 24.0 Å². The minimum atomic E-state index is 0.762. The van der Waals surface area contributed by atoms with Crippen LogP contribution in [0.1, 0.15) is 32.6 Å². The molecule has 0 aromatic rings. The molecule has 2 aliphatic carbocycles. The molecule has 90 valence electrons. The van der Waals surface area contributed by atoms with E-state index in [1.807, 2.05) is 11.8 Å². The van der Waals surface area contributed by atoms with Crippen molar-refractivity contribution in [2.75, 3.05) is 18.8 Å². The molecule has 1 heterocycles. The van der Waals surface area contributed by atoms with Crippen molar-refractivity contribution < 1.29 is 0 Å². The number of aliphatic imine (C=N–C) groups is 1. The van der Waals surface area contributed by atoms with E-state index >= 15 is 0 Å². The topological polar surface area (TPSA) is 24.4 Å². The average Bonchev–Trinajstić information content (AvgIpc) is 2.90. The molecule has 0 aromatic heterocycles. The highest BCUT2D eigenvalue weighted by Crippen LogP contribution is 2.47. The number of nitrogens with zero attached hydrogens (tertiary/aromatic N) is 1. The first-order chi connectivity index (χ1) is 7.81. The van der Waals surface area contributed by atoms with E-state index in [4.69, 9.17) is 0 Å². The molecule has 1 N–H and O–H groups in total. The van der Waals surface area contributed by atoms with Crippen LogP contribution in [-0.2, 0) is 0 Å². The maximum atomic E-state index is 4.60. The van der Waals surface area contributed by atoms with Gasteiger partial charge >= 0.3 is 0 Å². The highest BCUT2D eigenvalue weighted by molar-refractivity contribution is 8.13. The molecule has 0 aromatic carbocycles. The number of hydrogen-bond donors (Lipinski definition) is 1. The Kier molecular flexibility index (Phi) is 3.14. The normalized spacial score (nSPS) is 42.2. The van der Waals surface area contributed by atoms with Crippen molar-refractivity contribution in [3.05, 3.63) is 0 Å². The fraction of sp³-hybridized carbons (Fsp3) is 0.923. The Balaban J connectivity index is 1.46. The van der Waals surface area contributed by atoms with E-state index in [9.17, 15) is 0 Å². The molecule has 3 rings (SSSR count). The molecule has 0 radical (unpaired) electrons. The Morgan fingerprint density at radius 3 is 2.94 bits per heavy atom. The summed E-state index contributed by atoms with van der Waals surface area (Å²) < 4.78 is 0. The van der Waals surface area contributed by atoms with Crippen LogP contribution in [0.15, 0.2) is 4.99 Å². The summed E-state index contributed by atoms with van der Waals surface area (Å²) in [4.78, 5) is 4.60. The lowest BCUT2D eigenvalue weighted by Gasteiger charge is -2.24. The maximum absolute atomic E-state index is 4.60. The molecule has 2 nitrogen and oxygen atoms in total. The van der Waals surface area contributed by atoms with Crippen LogP contribution in [0.2, 0.25) is 0 Å². The first-order valence-corrected chi connectivity index (χ1v) is 7.71. The van der Waals surface area contributed by atoms with Crippen LogP contribution in [0.3, 0.4) is 0 Å². The van der Waals surface area contributed by atoms with Gasteiger partial charge in [0.2, 0.25) is 0 Å². The van der Waals surface area contributed by atoms with Gasteiger partial charge in [-0.1, -0.05) is 25.1 Å². The minimum absolute atomic E-state index is 0.762. The third-order valence-corrected chi connectivity index (χ3v) is 5.73. The van der Waals surface area contributed by atoms with Crippen molar-refractivity contribution in [1.82, 2.24) is 5.32 Å². The first-order valence-electron chi connectivity index (χ1n) is 6.72. The number of thioether (sulfide) groups is 1. The molecule has 0 amide bonds. The van der Waals surface area contributed by atoms with Crippen molar-refractivity contribution in [2.24, 2.45) is 28.7 Å². The summed E-state index contributed by atoms with van der Waals surface area (Å²) in [5.74, 6) is 5.05. The SMILES string of the molecule is CC1CN=C(NCC2CC3CCC2C3)SC1. The predicted octanol–water partition coefficient (Wildman–Crippen LogP) is 2.75. The highest BCUT2D eigenvalue weighted by Gasteiger charge is 2.39. The van der Waals surface area contributed by atoms with Crippen molar-refractivity contribution in [3.63, 3.8) is 0 Å². The molecule has 4 unspecified atom stereocenters. The molecule has 4 atom stereocenters. The molecule has 0 spiro atoms. The maximum Gasteiger partial charge on any atom is 0.156 e. The number of fused-ring (bicyclic) bond motifs is 2. The smallest absolute Gasteiger partial charge is 0.156 e. The second-order valence-corrected chi connectivity index (χ2v) is 6.89. The summed E-state index contributed by atoms with van der Waals surface area (Å²) in [5.41, 5.74) is 0. The van der Waals surface area contributed by atoms with Gasteiger partial charge in [-0.25, -0.2) is 0 Å². The van der Waals surface area contributed by atoms with Crippen LogP contribution in [0.5, 0.6) is 0 Å². The molecule has 0 saturated heterocycles. The van der Waals surface area contributed by atoms with Gasteiger partial charge < -0.3 is 5.32 Å². The quantitative estimate of drug-likeness (QED) is 0.800. The zero-order chi connectivity index (χ0) is 11.0. The monoisotopic (exact) mass is 238 g/mol. The second kappa shape index (κ2) is 4.59. The largest absolute Gasteiger partial charge is 0.365 e. The number of amidine groups is 1. The van der Waals surface area contributed by atoms with Crippen LogP contribution in [0, 0.1) is 23.7 Å². The molecule has 2 fully saturated rings. The molecule has 1 aliphatic heterocycles.